The predicted octanol–water partition coefficient (Wildman–Crippen LogP) is 2.97. The Hall–Kier alpha value is -3.16. The molecule has 2 aromatic rings. The summed E-state index contributed by atoms with van der Waals surface area (Å²) in [6.45, 7) is 7.97. The Labute approximate surface area is 274 Å². The molecular formula is C30H47N6O10P. The molecule has 0 bridgehead atoms. The van der Waals surface area contributed by atoms with Crippen molar-refractivity contribution < 1.29 is 47.6 Å². The normalized spacial score (nSPS) is 23.1. The van der Waals surface area contributed by atoms with E-state index in [9.17, 15) is 29.6 Å². The molecule has 0 unspecified atom stereocenters. The first-order valence-corrected chi connectivity index (χ1v) is 17.5. The minimum Gasteiger partial charge on any atom is -0.464 e. The Morgan fingerprint density at radius 2 is 1.83 bits per heavy atom. The standard InChI is InChI=1S/C30H47N6O10P/c1-6-10-21(11-7-2)29(40)43-18-45-47(41,35-19(5)28(39)42-14-20(8-3)9-4)44-15-23-25(37)26(38)30(16-31,46-23)24-13-12-22-27(32)33-17-34-36(22)24/h12-13,17,19-21,23,25-26,37-38H,6-11,14-15,18H2,1-5H3,(H,35,41)(H2,32,33,34)/t19-,23+,25+,26+,30-,47+/m0/s1. The monoisotopic (exact) mass is 682 g/mol. The number of hydrogen-bond acceptors (Lipinski definition) is 14. The number of nitrogens with zero attached hydrogens (tertiary/aromatic N) is 4. The van der Waals surface area contributed by atoms with Crippen molar-refractivity contribution in [1.29, 1.82) is 5.26 Å². The van der Waals surface area contributed by atoms with Crippen molar-refractivity contribution >= 4 is 31.0 Å². The third kappa shape index (κ3) is 9.05. The zero-order valence-electron chi connectivity index (χ0n) is 27.5. The van der Waals surface area contributed by atoms with Gasteiger partial charge >= 0.3 is 19.7 Å². The smallest absolute Gasteiger partial charge is 0.409 e. The number of aromatic nitrogens is 3. The SMILES string of the molecule is CCCC(CCC)C(=O)OCO[P@@](=O)(N[C@@H](C)C(=O)OCC(CC)CC)OC[C@H]1O[C@@](C#N)(c2ccc3c(N)ncnn23)[C@H](O)[C@@H]1O. The number of aliphatic hydroxyl groups is 2. The van der Waals surface area contributed by atoms with Gasteiger partial charge < -0.3 is 30.2 Å². The second-order valence-corrected chi connectivity index (χ2v) is 13.3. The fourth-order valence-corrected chi connectivity index (χ4v) is 6.66. The Morgan fingerprint density at radius 3 is 2.45 bits per heavy atom. The average Bonchev–Trinajstić information content (AvgIpc) is 3.60. The number of anilines is 1. The number of nitriles is 1. The van der Waals surface area contributed by atoms with Crippen LogP contribution in [-0.4, -0.2) is 81.1 Å². The van der Waals surface area contributed by atoms with Crippen LogP contribution in [-0.2, 0) is 43.0 Å². The van der Waals surface area contributed by atoms with Crippen molar-refractivity contribution in [1.82, 2.24) is 19.7 Å². The lowest BCUT2D eigenvalue weighted by molar-refractivity contribution is -0.156. The van der Waals surface area contributed by atoms with Crippen LogP contribution >= 0.6 is 7.75 Å². The topological polar surface area (TPSA) is 230 Å². The van der Waals surface area contributed by atoms with Gasteiger partial charge in [-0.2, -0.15) is 10.4 Å². The summed E-state index contributed by atoms with van der Waals surface area (Å²) >= 11 is 0. The molecule has 0 radical (unpaired) electrons. The highest BCUT2D eigenvalue weighted by molar-refractivity contribution is 7.51. The maximum Gasteiger partial charge on any atom is 0.409 e. The zero-order valence-corrected chi connectivity index (χ0v) is 28.4. The average molecular weight is 683 g/mol. The van der Waals surface area contributed by atoms with Crippen molar-refractivity contribution in [3.05, 3.63) is 24.2 Å². The van der Waals surface area contributed by atoms with E-state index in [-0.39, 0.29) is 30.0 Å². The second-order valence-electron chi connectivity index (χ2n) is 11.5. The van der Waals surface area contributed by atoms with Crippen molar-refractivity contribution in [2.24, 2.45) is 11.8 Å². The third-order valence-corrected chi connectivity index (χ3v) is 9.89. The molecule has 1 aliphatic heterocycles. The first-order chi connectivity index (χ1) is 22.4. The van der Waals surface area contributed by atoms with Crippen LogP contribution in [0.4, 0.5) is 5.82 Å². The molecule has 1 aliphatic rings. The highest BCUT2D eigenvalue weighted by Crippen LogP contribution is 2.47. The molecule has 0 spiro atoms. The Bertz CT molecular complexity index is 1430. The molecule has 262 valence electrons. The molecular weight excluding hydrogens is 635 g/mol. The van der Waals surface area contributed by atoms with Gasteiger partial charge in [-0.15, -0.1) is 0 Å². The number of nitrogen functional groups attached to an aromatic ring is 1. The summed E-state index contributed by atoms with van der Waals surface area (Å²) in [6, 6.07) is 3.70. The molecule has 3 rings (SSSR count). The van der Waals surface area contributed by atoms with E-state index in [1.165, 1.54) is 23.6 Å². The van der Waals surface area contributed by atoms with Crippen LogP contribution < -0.4 is 10.8 Å². The molecule has 47 heavy (non-hydrogen) atoms. The van der Waals surface area contributed by atoms with E-state index in [1.54, 1.807) is 0 Å². The van der Waals surface area contributed by atoms with E-state index >= 15 is 0 Å². The van der Waals surface area contributed by atoms with E-state index in [0.29, 0.717) is 18.4 Å². The van der Waals surface area contributed by atoms with Crippen LogP contribution in [0.5, 0.6) is 0 Å². The summed E-state index contributed by atoms with van der Waals surface area (Å²) in [5, 5.41) is 38.7. The van der Waals surface area contributed by atoms with Gasteiger partial charge in [-0.05, 0) is 37.8 Å². The number of fused-ring (bicyclic) bond motifs is 1. The van der Waals surface area contributed by atoms with E-state index in [1.807, 2.05) is 33.8 Å². The van der Waals surface area contributed by atoms with Gasteiger partial charge in [-0.25, -0.2) is 19.2 Å². The van der Waals surface area contributed by atoms with Crippen LogP contribution in [0.1, 0.15) is 78.8 Å². The summed E-state index contributed by atoms with van der Waals surface area (Å²) in [5.41, 5.74) is 4.17. The lowest BCUT2D eigenvalue weighted by atomic mass is 9.92. The molecule has 1 fully saturated rings. The van der Waals surface area contributed by atoms with Gasteiger partial charge in [0.1, 0.15) is 42.3 Å². The minimum atomic E-state index is -4.49. The number of nitrogens with one attached hydrogen (secondary N) is 1. The van der Waals surface area contributed by atoms with Gasteiger partial charge in [-0.1, -0.05) is 53.4 Å². The van der Waals surface area contributed by atoms with Gasteiger partial charge in [0.05, 0.1) is 24.8 Å². The number of esters is 2. The molecule has 5 N–H and O–H groups in total. The van der Waals surface area contributed by atoms with Gasteiger partial charge in [0.15, 0.2) is 5.82 Å². The van der Waals surface area contributed by atoms with Gasteiger partial charge in [-0.3, -0.25) is 18.6 Å². The Kier molecular flexibility index (Phi) is 14.1. The number of carbonyl (C=O) groups is 2. The summed E-state index contributed by atoms with van der Waals surface area (Å²) in [7, 11) is -4.49. The first-order valence-electron chi connectivity index (χ1n) is 15.9. The minimum absolute atomic E-state index is 0.0603. The first kappa shape index (κ1) is 38.3. The number of ether oxygens (including phenoxy) is 3. The Balaban J connectivity index is 1.78. The molecule has 6 atom stereocenters. The largest absolute Gasteiger partial charge is 0.464 e. The quantitative estimate of drug-likeness (QED) is 0.0948. The number of carbonyl (C=O) groups excluding carboxylic acids is 2. The number of aliphatic hydroxyl groups excluding tert-OH is 2. The molecule has 16 nitrogen and oxygen atoms in total. The molecule has 0 aromatic carbocycles. The van der Waals surface area contributed by atoms with Crippen molar-refractivity contribution in [3.63, 3.8) is 0 Å². The highest BCUT2D eigenvalue weighted by Gasteiger charge is 2.58. The second kappa shape index (κ2) is 17.3. The van der Waals surface area contributed by atoms with Gasteiger partial charge in [0.25, 0.3) is 0 Å². The summed E-state index contributed by atoms with van der Waals surface area (Å²) in [5.74, 6) is -1.35. The Morgan fingerprint density at radius 1 is 1.15 bits per heavy atom. The molecule has 17 heteroatoms. The molecule has 0 amide bonds. The van der Waals surface area contributed by atoms with Crippen molar-refractivity contribution in [3.8, 4) is 6.07 Å². The molecule has 0 saturated carbocycles. The van der Waals surface area contributed by atoms with Crippen LogP contribution in [0.25, 0.3) is 5.52 Å². The maximum atomic E-state index is 13.9. The van der Waals surface area contributed by atoms with E-state index in [0.717, 1.165) is 32.0 Å². The van der Waals surface area contributed by atoms with Crippen LogP contribution in [0.3, 0.4) is 0 Å². The fraction of sp³-hybridized carbons (Fsp3) is 0.700. The molecule has 1 saturated heterocycles. The van der Waals surface area contributed by atoms with E-state index in [2.05, 4.69) is 15.2 Å². The van der Waals surface area contributed by atoms with Crippen LogP contribution in [0.15, 0.2) is 18.5 Å². The summed E-state index contributed by atoms with van der Waals surface area (Å²) in [6.07, 6.45) is 0.599. The molecule has 2 aromatic heterocycles. The van der Waals surface area contributed by atoms with Crippen molar-refractivity contribution in [2.45, 2.75) is 103 Å². The molecule has 3 heterocycles. The summed E-state index contributed by atoms with van der Waals surface area (Å²) < 4.78 is 42.7. The van der Waals surface area contributed by atoms with Crippen LogP contribution in [0.2, 0.25) is 0 Å². The number of hydrogen-bond donors (Lipinski definition) is 4. The predicted molar refractivity (Wildman–Crippen MR) is 168 cm³/mol. The highest BCUT2D eigenvalue weighted by atomic mass is 31.2. The zero-order chi connectivity index (χ0) is 34.8. The fourth-order valence-electron chi connectivity index (χ4n) is 5.32. The van der Waals surface area contributed by atoms with E-state index < -0.39 is 63.0 Å². The number of rotatable bonds is 19. The van der Waals surface area contributed by atoms with Gasteiger partial charge in [0, 0.05) is 0 Å². The maximum absolute atomic E-state index is 13.9. The number of nitrogens with two attached hydrogens (primary N) is 1. The van der Waals surface area contributed by atoms with Crippen LogP contribution in [0, 0.1) is 23.2 Å². The van der Waals surface area contributed by atoms with Crippen molar-refractivity contribution in [2.75, 3.05) is 25.7 Å². The lowest BCUT2D eigenvalue weighted by Crippen LogP contribution is -2.41. The summed E-state index contributed by atoms with van der Waals surface area (Å²) in [4.78, 5) is 29.3. The molecule has 0 aliphatic carbocycles. The third-order valence-electron chi connectivity index (χ3n) is 8.25. The van der Waals surface area contributed by atoms with Gasteiger partial charge in [0.2, 0.25) is 12.4 Å². The lowest BCUT2D eigenvalue weighted by Gasteiger charge is -2.25. The van der Waals surface area contributed by atoms with E-state index in [4.69, 9.17) is 29.0 Å².